The summed E-state index contributed by atoms with van der Waals surface area (Å²) < 4.78 is 43.8. The maximum atomic E-state index is 12.9. The van der Waals surface area contributed by atoms with Gasteiger partial charge in [0.1, 0.15) is 0 Å². The van der Waals surface area contributed by atoms with Crippen molar-refractivity contribution in [2.75, 3.05) is 18.4 Å². The van der Waals surface area contributed by atoms with E-state index in [0.717, 1.165) is 17.7 Å². The number of likely N-dealkylation sites (tertiary alicyclic amines) is 1. The smallest absolute Gasteiger partial charge is 0.339 e. The third-order valence-electron chi connectivity index (χ3n) is 4.68. The van der Waals surface area contributed by atoms with Gasteiger partial charge in [-0.05, 0) is 36.8 Å². The average Bonchev–Trinajstić information content (AvgIpc) is 3.09. The molecule has 0 saturated carbocycles. The highest BCUT2D eigenvalue weighted by molar-refractivity contribution is 5.90. The Hall–Kier alpha value is -3.36. The van der Waals surface area contributed by atoms with E-state index in [9.17, 15) is 18.0 Å². The molecular formula is C20H17F3N4O2. The summed E-state index contributed by atoms with van der Waals surface area (Å²) in [6.07, 6.45) is -4.44. The topological polar surface area (TPSA) is 71.3 Å². The van der Waals surface area contributed by atoms with E-state index in [1.807, 2.05) is 31.2 Å². The SMILES string of the molecule is Cc1cccc(NC(=O)N2CC(c3nc(-c4cccc(C(F)(F)F)c4)no3)C2)c1. The van der Waals surface area contributed by atoms with E-state index in [-0.39, 0.29) is 23.3 Å². The van der Waals surface area contributed by atoms with Crippen LogP contribution in [0.4, 0.5) is 23.7 Å². The van der Waals surface area contributed by atoms with Crippen molar-refractivity contribution in [2.24, 2.45) is 0 Å². The van der Waals surface area contributed by atoms with Gasteiger partial charge in [-0.25, -0.2) is 4.79 Å². The zero-order valence-corrected chi connectivity index (χ0v) is 15.4. The summed E-state index contributed by atoms with van der Waals surface area (Å²) in [5.41, 5.74) is 1.20. The predicted octanol–water partition coefficient (Wildman–Crippen LogP) is 4.70. The number of aromatic nitrogens is 2. The highest BCUT2D eigenvalue weighted by atomic mass is 19.4. The van der Waals surface area contributed by atoms with Crippen LogP contribution in [0.25, 0.3) is 11.4 Å². The Morgan fingerprint density at radius 2 is 1.93 bits per heavy atom. The number of hydrogen-bond acceptors (Lipinski definition) is 4. The molecule has 2 amide bonds. The Balaban J connectivity index is 1.39. The van der Waals surface area contributed by atoms with Gasteiger partial charge in [0.25, 0.3) is 0 Å². The van der Waals surface area contributed by atoms with Crippen molar-refractivity contribution in [3.63, 3.8) is 0 Å². The van der Waals surface area contributed by atoms with E-state index in [1.165, 1.54) is 12.1 Å². The number of nitrogens with one attached hydrogen (secondary N) is 1. The van der Waals surface area contributed by atoms with E-state index >= 15 is 0 Å². The van der Waals surface area contributed by atoms with Crippen LogP contribution in [0.3, 0.4) is 0 Å². The van der Waals surface area contributed by atoms with Gasteiger partial charge < -0.3 is 14.7 Å². The fraction of sp³-hybridized carbons (Fsp3) is 0.250. The number of rotatable bonds is 3. The first-order valence-corrected chi connectivity index (χ1v) is 8.93. The molecule has 0 radical (unpaired) electrons. The molecule has 29 heavy (non-hydrogen) atoms. The highest BCUT2D eigenvalue weighted by Crippen LogP contribution is 2.32. The Labute approximate surface area is 164 Å². The Morgan fingerprint density at radius 3 is 2.66 bits per heavy atom. The van der Waals surface area contributed by atoms with Gasteiger partial charge in [0.15, 0.2) is 0 Å². The molecule has 1 aromatic heterocycles. The lowest BCUT2D eigenvalue weighted by Gasteiger charge is -2.36. The number of alkyl halides is 3. The number of amides is 2. The first-order chi connectivity index (χ1) is 13.8. The van der Waals surface area contributed by atoms with Crippen molar-refractivity contribution in [1.29, 1.82) is 0 Å². The molecule has 0 bridgehead atoms. The molecule has 9 heteroatoms. The van der Waals surface area contributed by atoms with Crippen molar-refractivity contribution >= 4 is 11.7 Å². The third-order valence-corrected chi connectivity index (χ3v) is 4.68. The van der Waals surface area contributed by atoms with Crippen LogP contribution >= 0.6 is 0 Å². The van der Waals surface area contributed by atoms with Gasteiger partial charge in [-0.15, -0.1) is 0 Å². The van der Waals surface area contributed by atoms with E-state index in [0.29, 0.717) is 24.7 Å². The zero-order valence-electron chi connectivity index (χ0n) is 15.4. The largest absolute Gasteiger partial charge is 0.416 e. The van der Waals surface area contributed by atoms with Crippen molar-refractivity contribution in [1.82, 2.24) is 15.0 Å². The van der Waals surface area contributed by atoms with Crippen LogP contribution in [0.1, 0.15) is 22.9 Å². The molecule has 1 fully saturated rings. The van der Waals surface area contributed by atoms with Crippen molar-refractivity contribution in [2.45, 2.75) is 19.0 Å². The number of benzene rings is 2. The lowest BCUT2D eigenvalue weighted by Crippen LogP contribution is -2.50. The lowest BCUT2D eigenvalue weighted by molar-refractivity contribution is -0.137. The van der Waals surface area contributed by atoms with Gasteiger partial charge in [0.2, 0.25) is 11.7 Å². The van der Waals surface area contributed by atoms with Crippen molar-refractivity contribution in [3.05, 3.63) is 65.5 Å². The third kappa shape index (κ3) is 4.08. The zero-order chi connectivity index (χ0) is 20.6. The fourth-order valence-corrected chi connectivity index (χ4v) is 3.08. The molecule has 2 aromatic carbocycles. The summed E-state index contributed by atoms with van der Waals surface area (Å²) in [6, 6.07) is 12.0. The van der Waals surface area contributed by atoms with Crippen LogP contribution in [0.15, 0.2) is 53.1 Å². The first-order valence-electron chi connectivity index (χ1n) is 8.93. The van der Waals surface area contributed by atoms with Crippen molar-refractivity contribution < 1.29 is 22.5 Å². The molecular weight excluding hydrogens is 385 g/mol. The Morgan fingerprint density at radius 1 is 1.17 bits per heavy atom. The minimum atomic E-state index is -4.44. The second-order valence-corrected chi connectivity index (χ2v) is 6.94. The standard InChI is InChI=1S/C20H17F3N4O2/c1-12-4-2-7-16(8-12)24-19(28)27-10-14(11-27)18-25-17(26-29-18)13-5-3-6-15(9-13)20(21,22)23/h2-9,14H,10-11H2,1H3,(H,24,28). The molecule has 1 saturated heterocycles. The molecule has 0 atom stereocenters. The molecule has 4 rings (SSSR count). The van der Waals surface area contributed by atoms with Crippen LogP contribution in [-0.2, 0) is 6.18 Å². The number of aryl methyl sites for hydroxylation is 1. The second-order valence-electron chi connectivity index (χ2n) is 6.94. The monoisotopic (exact) mass is 402 g/mol. The van der Waals surface area contributed by atoms with Crippen LogP contribution in [0.5, 0.6) is 0 Å². The molecule has 1 aliphatic heterocycles. The van der Waals surface area contributed by atoms with Gasteiger partial charge >= 0.3 is 12.2 Å². The molecule has 2 heterocycles. The molecule has 3 aromatic rings. The summed E-state index contributed by atoms with van der Waals surface area (Å²) in [7, 11) is 0. The van der Waals surface area contributed by atoms with Gasteiger partial charge in [-0.2, -0.15) is 18.2 Å². The summed E-state index contributed by atoms with van der Waals surface area (Å²) >= 11 is 0. The van der Waals surface area contributed by atoms with Gasteiger partial charge in [-0.3, -0.25) is 0 Å². The molecule has 0 spiro atoms. The normalized spacial score (nSPS) is 14.6. The number of urea groups is 1. The summed E-state index contributed by atoms with van der Waals surface area (Å²) in [5.74, 6) is 0.246. The average molecular weight is 402 g/mol. The minimum Gasteiger partial charge on any atom is -0.339 e. The van der Waals surface area contributed by atoms with Crippen LogP contribution in [-0.4, -0.2) is 34.2 Å². The number of carbonyl (C=O) groups is 1. The summed E-state index contributed by atoms with van der Waals surface area (Å²) in [6.45, 7) is 2.72. The summed E-state index contributed by atoms with van der Waals surface area (Å²) in [5, 5.41) is 6.61. The number of nitrogens with zero attached hydrogens (tertiary/aromatic N) is 3. The van der Waals surface area contributed by atoms with Gasteiger partial charge in [-0.1, -0.05) is 29.4 Å². The minimum absolute atomic E-state index is 0.0914. The molecule has 0 aliphatic carbocycles. The maximum absolute atomic E-state index is 12.9. The Kier molecular flexibility index (Phi) is 4.73. The van der Waals surface area contributed by atoms with Gasteiger partial charge in [0.05, 0.1) is 11.5 Å². The molecule has 0 unspecified atom stereocenters. The maximum Gasteiger partial charge on any atom is 0.416 e. The van der Waals surface area contributed by atoms with E-state index in [4.69, 9.17) is 4.52 Å². The molecule has 1 aliphatic rings. The van der Waals surface area contributed by atoms with Crippen LogP contribution < -0.4 is 5.32 Å². The molecule has 150 valence electrons. The van der Waals surface area contributed by atoms with Crippen LogP contribution in [0, 0.1) is 6.92 Å². The number of halogens is 3. The van der Waals surface area contributed by atoms with Gasteiger partial charge in [0, 0.05) is 24.3 Å². The number of anilines is 1. The van der Waals surface area contributed by atoms with E-state index < -0.39 is 11.7 Å². The number of carbonyl (C=O) groups excluding carboxylic acids is 1. The van der Waals surface area contributed by atoms with Crippen molar-refractivity contribution in [3.8, 4) is 11.4 Å². The Bertz CT molecular complexity index is 1040. The van der Waals surface area contributed by atoms with Crippen LogP contribution in [0.2, 0.25) is 0 Å². The predicted molar refractivity (Wildman–Crippen MR) is 99.2 cm³/mol. The highest BCUT2D eigenvalue weighted by Gasteiger charge is 2.36. The second kappa shape index (κ2) is 7.23. The molecule has 1 N–H and O–H groups in total. The number of hydrogen-bond donors (Lipinski definition) is 1. The molecule has 6 nitrogen and oxygen atoms in total. The quantitative estimate of drug-likeness (QED) is 0.690. The first kappa shape index (κ1) is 19.0. The summed E-state index contributed by atoms with van der Waals surface area (Å²) in [4.78, 5) is 18.1. The van der Waals surface area contributed by atoms with E-state index in [2.05, 4.69) is 15.5 Å². The van der Waals surface area contributed by atoms with E-state index in [1.54, 1.807) is 4.90 Å². The fourth-order valence-electron chi connectivity index (χ4n) is 3.08. The lowest BCUT2D eigenvalue weighted by atomic mass is 10.0.